The first kappa shape index (κ1) is 19.8. The lowest BCUT2D eigenvalue weighted by Crippen LogP contribution is -2.29. The highest BCUT2D eigenvalue weighted by atomic mass is 19.1. The molecule has 0 aliphatic carbocycles. The lowest BCUT2D eigenvalue weighted by molar-refractivity contribution is -0.384. The number of anilines is 1. The molecular weight excluding hydrogens is 357 g/mol. The van der Waals surface area contributed by atoms with Crippen LogP contribution >= 0.6 is 0 Å². The van der Waals surface area contributed by atoms with Gasteiger partial charge in [0, 0.05) is 19.1 Å². The molecule has 2 rings (SSSR count). The Hall–Kier alpha value is -3.49. The van der Waals surface area contributed by atoms with E-state index in [0.29, 0.717) is 11.3 Å². The van der Waals surface area contributed by atoms with Crippen molar-refractivity contribution in [3.63, 3.8) is 0 Å². The van der Waals surface area contributed by atoms with Gasteiger partial charge in [-0.05, 0) is 23.8 Å². The highest BCUT2D eigenvalue weighted by Gasteiger charge is 2.19. The second-order valence-corrected chi connectivity index (χ2v) is 5.70. The summed E-state index contributed by atoms with van der Waals surface area (Å²) in [4.78, 5) is 33.9. The molecule has 2 aromatic rings. The molecule has 0 saturated carbocycles. The summed E-state index contributed by atoms with van der Waals surface area (Å²) in [6.45, 7) is 1.31. The van der Waals surface area contributed by atoms with E-state index in [2.05, 4.69) is 10.6 Å². The van der Waals surface area contributed by atoms with Crippen LogP contribution in [0.1, 0.15) is 24.9 Å². The Morgan fingerprint density at radius 3 is 2.44 bits per heavy atom. The van der Waals surface area contributed by atoms with Crippen LogP contribution in [0.25, 0.3) is 0 Å². The van der Waals surface area contributed by atoms with Crippen molar-refractivity contribution in [1.82, 2.24) is 5.32 Å². The van der Waals surface area contributed by atoms with Gasteiger partial charge in [0.1, 0.15) is 11.6 Å². The zero-order valence-corrected chi connectivity index (χ0v) is 14.7. The smallest absolute Gasteiger partial charge is 0.271 e. The Morgan fingerprint density at radius 2 is 1.89 bits per heavy atom. The molecule has 0 aliphatic rings. The van der Waals surface area contributed by atoms with E-state index in [1.54, 1.807) is 24.3 Å². The number of halogens is 1. The number of rotatable bonds is 7. The molecule has 0 fully saturated rings. The van der Waals surface area contributed by atoms with Crippen LogP contribution in [0.3, 0.4) is 0 Å². The standard InChI is InChI=1S/C18H18FN3O5/c1-11(23)20-16(12-3-6-14(27-2)7-4-12)10-18(24)21-17-9-13(22(25)26)5-8-15(17)19/h3-9,16H,10H2,1-2H3,(H,20,23)(H,21,24). The second-order valence-electron chi connectivity index (χ2n) is 5.70. The number of methoxy groups -OCH3 is 1. The molecule has 9 heteroatoms. The summed E-state index contributed by atoms with van der Waals surface area (Å²) in [6.07, 6.45) is -0.186. The molecule has 0 aliphatic heterocycles. The quantitative estimate of drug-likeness (QED) is 0.571. The first-order valence-electron chi connectivity index (χ1n) is 7.95. The molecule has 8 nitrogen and oxygen atoms in total. The van der Waals surface area contributed by atoms with E-state index in [1.165, 1.54) is 14.0 Å². The number of non-ortho nitro benzene ring substituents is 1. The molecule has 0 saturated heterocycles. The molecule has 1 unspecified atom stereocenters. The third-order valence-corrected chi connectivity index (χ3v) is 3.72. The highest BCUT2D eigenvalue weighted by Crippen LogP contribution is 2.24. The maximum Gasteiger partial charge on any atom is 0.271 e. The Labute approximate surface area is 154 Å². The average molecular weight is 375 g/mol. The SMILES string of the molecule is COc1ccc(C(CC(=O)Nc2cc([N+](=O)[O-])ccc2F)NC(C)=O)cc1. The Balaban J connectivity index is 2.17. The van der Waals surface area contributed by atoms with Crippen LogP contribution in [0.4, 0.5) is 15.8 Å². The summed E-state index contributed by atoms with van der Waals surface area (Å²) in [7, 11) is 1.52. The topological polar surface area (TPSA) is 111 Å². The predicted octanol–water partition coefficient (Wildman–Crippen LogP) is 2.95. The lowest BCUT2D eigenvalue weighted by atomic mass is 10.0. The third kappa shape index (κ3) is 5.50. The summed E-state index contributed by atoms with van der Waals surface area (Å²) >= 11 is 0. The van der Waals surface area contributed by atoms with Gasteiger partial charge in [0.05, 0.1) is 30.2 Å². The first-order chi connectivity index (χ1) is 12.8. The predicted molar refractivity (Wildman–Crippen MR) is 95.9 cm³/mol. The summed E-state index contributed by atoms with van der Waals surface area (Å²) in [5.74, 6) is -1.13. The van der Waals surface area contributed by atoms with Gasteiger partial charge in [-0.3, -0.25) is 19.7 Å². The zero-order valence-electron chi connectivity index (χ0n) is 14.7. The van der Waals surface area contributed by atoms with Crippen molar-refractivity contribution in [2.45, 2.75) is 19.4 Å². The fourth-order valence-corrected chi connectivity index (χ4v) is 2.44. The Kier molecular flexibility index (Phi) is 6.42. The summed E-state index contributed by atoms with van der Waals surface area (Å²) in [6, 6.07) is 8.94. The molecule has 1 atom stereocenters. The molecule has 0 aromatic heterocycles. The number of nitro groups is 1. The minimum absolute atomic E-state index is 0.186. The lowest BCUT2D eigenvalue weighted by Gasteiger charge is -2.18. The number of hydrogen-bond donors (Lipinski definition) is 2. The number of carbonyl (C=O) groups excluding carboxylic acids is 2. The van der Waals surface area contributed by atoms with Crippen LogP contribution < -0.4 is 15.4 Å². The number of nitro benzene ring substituents is 1. The molecule has 2 aromatic carbocycles. The molecule has 0 spiro atoms. The fourth-order valence-electron chi connectivity index (χ4n) is 2.44. The molecule has 0 bridgehead atoms. The number of hydrogen-bond acceptors (Lipinski definition) is 5. The number of carbonyl (C=O) groups is 2. The average Bonchev–Trinajstić information content (AvgIpc) is 2.62. The minimum Gasteiger partial charge on any atom is -0.497 e. The van der Waals surface area contributed by atoms with Gasteiger partial charge in [0.15, 0.2) is 0 Å². The van der Waals surface area contributed by atoms with Gasteiger partial charge in [-0.2, -0.15) is 0 Å². The van der Waals surface area contributed by atoms with Crippen molar-refractivity contribution in [2.24, 2.45) is 0 Å². The molecule has 142 valence electrons. The van der Waals surface area contributed by atoms with E-state index in [0.717, 1.165) is 18.2 Å². The molecule has 0 heterocycles. The van der Waals surface area contributed by atoms with Gasteiger partial charge < -0.3 is 15.4 Å². The first-order valence-corrected chi connectivity index (χ1v) is 7.95. The van der Waals surface area contributed by atoms with Gasteiger partial charge in [0.25, 0.3) is 5.69 Å². The van der Waals surface area contributed by atoms with Gasteiger partial charge in [-0.15, -0.1) is 0 Å². The normalized spacial score (nSPS) is 11.4. The summed E-state index contributed by atoms with van der Waals surface area (Å²) in [5.41, 5.74) is 0.00596. The van der Waals surface area contributed by atoms with Crippen LogP contribution in [0.2, 0.25) is 0 Å². The van der Waals surface area contributed by atoms with E-state index in [4.69, 9.17) is 4.74 Å². The van der Waals surface area contributed by atoms with Crippen LogP contribution in [0, 0.1) is 15.9 Å². The third-order valence-electron chi connectivity index (χ3n) is 3.72. The summed E-state index contributed by atoms with van der Waals surface area (Å²) in [5, 5.41) is 15.8. The number of nitrogens with one attached hydrogen (secondary N) is 2. The van der Waals surface area contributed by atoms with Crippen molar-refractivity contribution in [2.75, 3.05) is 12.4 Å². The van der Waals surface area contributed by atoms with Crippen molar-refractivity contribution in [1.29, 1.82) is 0 Å². The van der Waals surface area contributed by atoms with Gasteiger partial charge in [0.2, 0.25) is 11.8 Å². The van der Waals surface area contributed by atoms with Gasteiger partial charge in [-0.25, -0.2) is 4.39 Å². The minimum atomic E-state index is -0.797. The van der Waals surface area contributed by atoms with E-state index in [1.807, 2.05) is 0 Å². The van der Waals surface area contributed by atoms with E-state index in [-0.39, 0.29) is 23.7 Å². The van der Waals surface area contributed by atoms with E-state index >= 15 is 0 Å². The van der Waals surface area contributed by atoms with Crippen LogP contribution in [-0.4, -0.2) is 23.8 Å². The Morgan fingerprint density at radius 1 is 1.22 bits per heavy atom. The molecule has 2 amide bonds. The highest BCUT2D eigenvalue weighted by molar-refractivity contribution is 5.92. The zero-order chi connectivity index (χ0) is 20.0. The number of amides is 2. The molecular formula is C18H18FN3O5. The Bertz CT molecular complexity index is 855. The fraction of sp³-hybridized carbons (Fsp3) is 0.222. The number of ether oxygens (including phenoxy) is 1. The van der Waals surface area contributed by atoms with Crippen LogP contribution in [0.5, 0.6) is 5.75 Å². The maximum absolute atomic E-state index is 13.8. The second kappa shape index (κ2) is 8.75. The maximum atomic E-state index is 13.8. The number of nitrogens with zero attached hydrogens (tertiary/aromatic N) is 1. The van der Waals surface area contributed by atoms with Crippen LogP contribution in [-0.2, 0) is 9.59 Å². The molecule has 27 heavy (non-hydrogen) atoms. The number of benzene rings is 2. The van der Waals surface area contributed by atoms with E-state index < -0.39 is 22.7 Å². The summed E-state index contributed by atoms with van der Waals surface area (Å²) < 4.78 is 18.9. The molecule has 2 N–H and O–H groups in total. The van der Waals surface area contributed by atoms with Crippen molar-refractivity contribution >= 4 is 23.2 Å². The molecule has 0 radical (unpaired) electrons. The van der Waals surface area contributed by atoms with Gasteiger partial charge >= 0.3 is 0 Å². The van der Waals surface area contributed by atoms with Crippen molar-refractivity contribution < 1.29 is 23.6 Å². The van der Waals surface area contributed by atoms with Gasteiger partial charge in [-0.1, -0.05) is 12.1 Å². The monoisotopic (exact) mass is 375 g/mol. The largest absolute Gasteiger partial charge is 0.497 e. The van der Waals surface area contributed by atoms with Crippen molar-refractivity contribution in [3.05, 3.63) is 64.0 Å². The van der Waals surface area contributed by atoms with Crippen LogP contribution in [0.15, 0.2) is 42.5 Å². The van der Waals surface area contributed by atoms with E-state index in [9.17, 15) is 24.1 Å². The van der Waals surface area contributed by atoms with Crippen molar-refractivity contribution in [3.8, 4) is 5.75 Å².